The van der Waals surface area contributed by atoms with Gasteiger partial charge in [0.15, 0.2) is 0 Å². The van der Waals surface area contributed by atoms with Crippen molar-refractivity contribution in [1.29, 1.82) is 0 Å². The van der Waals surface area contributed by atoms with Gasteiger partial charge >= 0.3 is 0 Å². The summed E-state index contributed by atoms with van der Waals surface area (Å²) in [4.78, 5) is 3.69. The Balaban J connectivity index is 2.37. The molecule has 0 saturated carbocycles. The van der Waals surface area contributed by atoms with E-state index in [-0.39, 0.29) is 10.7 Å². The van der Waals surface area contributed by atoms with Crippen LogP contribution in [-0.2, 0) is 10.0 Å². The summed E-state index contributed by atoms with van der Waals surface area (Å²) in [5, 5.41) is 0.486. The third-order valence-electron chi connectivity index (χ3n) is 2.51. The number of aryl methyl sites for hydroxylation is 1. The summed E-state index contributed by atoms with van der Waals surface area (Å²) in [5.74, 6) is -0.0480. The van der Waals surface area contributed by atoms with E-state index in [9.17, 15) is 8.42 Å². The Hall–Kier alpha value is -1.79. The van der Waals surface area contributed by atoms with E-state index in [1.54, 1.807) is 18.2 Å². The summed E-state index contributed by atoms with van der Waals surface area (Å²) in [7, 11) is -3.77. The minimum absolute atomic E-state index is 0.0480. The molecule has 0 aliphatic rings. The Morgan fingerprint density at radius 3 is 2.68 bits per heavy atom. The van der Waals surface area contributed by atoms with Crippen molar-refractivity contribution in [3.63, 3.8) is 0 Å². The van der Waals surface area contributed by atoms with Crippen molar-refractivity contribution in [3.8, 4) is 0 Å². The maximum Gasteiger partial charge on any atom is 0.265 e. The van der Waals surface area contributed by atoms with Gasteiger partial charge in [0.1, 0.15) is 10.7 Å². The van der Waals surface area contributed by atoms with Crippen LogP contribution in [0.4, 0.5) is 11.5 Å². The summed E-state index contributed by atoms with van der Waals surface area (Å²) >= 11 is 5.95. The number of nitrogen functional groups attached to an aromatic ring is 1. The molecule has 0 fully saturated rings. The number of pyridine rings is 1. The van der Waals surface area contributed by atoms with Crippen molar-refractivity contribution in [2.24, 2.45) is 0 Å². The second-order valence-electron chi connectivity index (χ2n) is 3.96. The molecule has 1 aromatic heterocycles. The van der Waals surface area contributed by atoms with Gasteiger partial charge in [-0.15, -0.1) is 0 Å². The summed E-state index contributed by atoms with van der Waals surface area (Å²) in [6.07, 6.45) is 1.43. The lowest BCUT2D eigenvalue weighted by Gasteiger charge is -2.10. The predicted octanol–water partition coefficient (Wildman–Crippen LogP) is 2.43. The molecule has 0 atom stereocenters. The fourth-order valence-electron chi connectivity index (χ4n) is 1.50. The normalized spacial score (nSPS) is 11.3. The molecule has 1 heterocycles. The fourth-order valence-corrected chi connectivity index (χ4v) is 2.81. The number of nitrogens with one attached hydrogen (secondary N) is 1. The molecule has 0 amide bonds. The van der Waals surface area contributed by atoms with Crippen molar-refractivity contribution >= 4 is 33.1 Å². The Bertz CT molecular complexity index is 717. The first-order chi connectivity index (χ1) is 8.90. The minimum Gasteiger partial charge on any atom is -0.383 e. The highest BCUT2D eigenvalue weighted by Crippen LogP contribution is 2.23. The molecular formula is C12H12ClN3O2S. The second kappa shape index (κ2) is 5.07. The summed E-state index contributed by atoms with van der Waals surface area (Å²) in [6.45, 7) is 1.83. The zero-order chi connectivity index (χ0) is 14.0. The molecule has 0 aliphatic carbocycles. The molecule has 0 bridgehead atoms. The predicted molar refractivity (Wildman–Crippen MR) is 75.6 cm³/mol. The van der Waals surface area contributed by atoms with E-state index in [0.717, 1.165) is 5.56 Å². The Morgan fingerprint density at radius 1 is 1.32 bits per heavy atom. The lowest BCUT2D eigenvalue weighted by molar-refractivity contribution is 0.601. The number of benzene rings is 1. The average Bonchev–Trinajstić information content (AvgIpc) is 2.34. The Labute approximate surface area is 116 Å². The number of anilines is 2. The van der Waals surface area contributed by atoms with Crippen molar-refractivity contribution in [2.75, 3.05) is 10.5 Å². The molecular weight excluding hydrogens is 286 g/mol. The number of rotatable bonds is 3. The van der Waals surface area contributed by atoms with Gasteiger partial charge in [-0.2, -0.15) is 0 Å². The highest BCUT2D eigenvalue weighted by Gasteiger charge is 2.18. The van der Waals surface area contributed by atoms with E-state index >= 15 is 0 Å². The van der Waals surface area contributed by atoms with Gasteiger partial charge in [0, 0.05) is 11.2 Å². The summed E-state index contributed by atoms with van der Waals surface area (Å²) in [5.41, 5.74) is 6.80. The number of nitrogens with two attached hydrogens (primary N) is 1. The standard InChI is InChI=1S/C12H12ClN3O2S/c1-8-4-5-9(7-10(8)13)16-19(17,18)11-3-2-6-15-12(11)14/h2-7,16H,1H3,(H2,14,15). The molecule has 7 heteroatoms. The molecule has 0 aliphatic heterocycles. The molecule has 0 spiro atoms. The van der Waals surface area contributed by atoms with Crippen LogP contribution in [-0.4, -0.2) is 13.4 Å². The van der Waals surface area contributed by atoms with E-state index < -0.39 is 10.0 Å². The number of hydrogen-bond acceptors (Lipinski definition) is 4. The topological polar surface area (TPSA) is 85.1 Å². The van der Waals surface area contributed by atoms with Crippen LogP contribution in [0.3, 0.4) is 0 Å². The molecule has 19 heavy (non-hydrogen) atoms. The molecule has 1 aromatic carbocycles. The highest BCUT2D eigenvalue weighted by molar-refractivity contribution is 7.92. The van der Waals surface area contributed by atoms with Gasteiger partial charge in [0.25, 0.3) is 10.0 Å². The molecule has 0 saturated heterocycles. The third-order valence-corrected chi connectivity index (χ3v) is 4.35. The fraction of sp³-hybridized carbons (Fsp3) is 0.0833. The lowest BCUT2D eigenvalue weighted by Crippen LogP contribution is -2.15. The number of hydrogen-bond donors (Lipinski definition) is 2. The van der Waals surface area contributed by atoms with Crippen molar-refractivity contribution < 1.29 is 8.42 Å². The quantitative estimate of drug-likeness (QED) is 0.911. The van der Waals surface area contributed by atoms with E-state index in [0.29, 0.717) is 10.7 Å². The van der Waals surface area contributed by atoms with Crippen LogP contribution >= 0.6 is 11.6 Å². The SMILES string of the molecule is Cc1ccc(NS(=O)(=O)c2cccnc2N)cc1Cl. The average molecular weight is 298 g/mol. The number of sulfonamides is 1. The zero-order valence-electron chi connectivity index (χ0n) is 10.1. The van der Waals surface area contributed by atoms with Gasteiger partial charge in [-0.1, -0.05) is 17.7 Å². The number of halogens is 1. The van der Waals surface area contributed by atoms with Crippen LogP contribution in [0.5, 0.6) is 0 Å². The number of aromatic nitrogens is 1. The maximum absolute atomic E-state index is 12.1. The molecule has 0 radical (unpaired) electrons. The van der Waals surface area contributed by atoms with E-state index in [1.165, 1.54) is 18.3 Å². The van der Waals surface area contributed by atoms with Crippen LogP contribution in [0, 0.1) is 6.92 Å². The van der Waals surface area contributed by atoms with Gasteiger partial charge in [-0.3, -0.25) is 4.72 Å². The van der Waals surface area contributed by atoms with Crippen LogP contribution in [0.2, 0.25) is 5.02 Å². The van der Waals surface area contributed by atoms with Gasteiger partial charge in [-0.25, -0.2) is 13.4 Å². The Morgan fingerprint density at radius 2 is 2.05 bits per heavy atom. The molecule has 5 nitrogen and oxygen atoms in total. The number of nitrogens with zero attached hydrogens (tertiary/aromatic N) is 1. The first-order valence-electron chi connectivity index (χ1n) is 5.39. The minimum atomic E-state index is -3.77. The van der Waals surface area contributed by atoms with Crippen molar-refractivity contribution in [2.45, 2.75) is 11.8 Å². The summed E-state index contributed by atoms with van der Waals surface area (Å²) in [6, 6.07) is 7.80. The molecule has 3 N–H and O–H groups in total. The first-order valence-corrected chi connectivity index (χ1v) is 7.26. The Kier molecular flexibility index (Phi) is 3.64. The van der Waals surface area contributed by atoms with Crippen LogP contribution in [0.15, 0.2) is 41.4 Å². The smallest absolute Gasteiger partial charge is 0.265 e. The molecule has 100 valence electrons. The van der Waals surface area contributed by atoms with Crippen molar-refractivity contribution in [1.82, 2.24) is 4.98 Å². The zero-order valence-corrected chi connectivity index (χ0v) is 11.7. The molecule has 0 unspecified atom stereocenters. The van der Waals surface area contributed by atoms with Crippen LogP contribution in [0.1, 0.15) is 5.56 Å². The van der Waals surface area contributed by atoms with Crippen LogP contribution in [0.25, 0.3) is 0 Å². The molecule has 2 rings (SSSR count). The first kappa shape index (κ1) is 13.6. The van der Waals surface area contributed by atoms with Crippen LogP contribution < -0.4 is 10.5 Å². The van der Waals surface area contributed by atoms with E-state index in [2.05, 4.69) is 9.71 Å². The van der Waals surface area contributed by atoms with Gasteiger partial charge < -0.3 is 5.73 Å². The maximum atomic E-state index is 12.1. The monoisotopic (exact) mass is 297 g/mol. The largest absolute Gasteiger partial charge is 0.383 e. The highest BCUT2D eigenvalue weighted by atomic mass is 35.5. The van der Waals surface area contributed by atoms with Gasteiger partial charge in [-0.05, 0) is 36.8 Å². The summed E-state index contributed by atoms with van der Waals surface area (Å²) < 4.78 is 26.7. The molecule has 2 aromatic rings. The lowest BCUT2D eigenvalue weighted by atomic mass is 10.2. The van der Waals surface area contributed by atoms with E-state index in [4.69, 9.17) is 17.3 Å². The van der Waals surface area contributed by atoms with Crippen molar-refractivity contribution in [3.05, 3.63) is 47.1 Å². The second-order valence-corrected chi connectivity index (χ2v) is 6.01. The van der Waals surface area contributed by atoms with Gasteiger partial charge in [0.05, 0.1) is 5.69 Å². The third kappa shape index (κ3) is 2.97. The van der Waals surface area contributed by atoms with E-state index in [1.807, 2.05) is 6.92 Å². The van der Waals surface area contributed by atoms with Gasteiger partial charge in [0.2, 0.25) is 0 Å².